The third-order valence-electron chi connectivity index (χ3n) is 4.97. The van der Waals surface area contributed by atoms with Gasteiger partial charge in [-0.15, -0.1) is 5.10 Å². The predicted octanol–water partition coefficient (Wildman–Crippen LogP) is 1.99. The minimum absolute atomic E-state index is 0.0459. The lowest BCUT2D eigenvalue weighted by atomic mass is 10.0. The number of amides is 2. The molecule has 0 radical (unpaired) electrons. The first-order chi connectivity index (χ1) is 17.0. The van der Waals surface area contributed by atoms with E-state index in [2.05, 4.69) is 26.2 Å². The van der Waals surface area contributed by atoms with E-state index in [-0.39, 0.29) is 23.6 Å². The maximum absolute atomic E-state index is 13.2. The number of esters is 2. The Kier molecular flexibility index (Phi) is 7.00. The molecule has 0 saturated heterocycles. The zero-order valence-electron chi connectivity index (χ0n) is 18.9. The van der Waals surface area contributed by atoms with E-state index >= 15 is 0 Å². The molecule has 2 N–H and O–H groups in total. The average molecular weight is 478 g/mol. The number of ether oxygens (including phenoxy) is 2. The molecule has 0 saturated carbocycles. The van der Waals surface area contributed by atoms with Gasteiger partial charge in [0.15, 0.2) is 11.5 Å². The van der Waals surface area contributed by atoms with Gasteiger partial charge in [0.1, 0.15) is 12.4 Å². The molecule has 1 atom stereocenters. The minimum atomic E-state index is -0.818. The molecule has 1 unspecified atom stereocenters. The van der Waals surface area contributed by atoms with Crippen molar-refractivity contribution in [3.05, 3.63) is 65.8 Å². The number of urea groups is 1. The monoisotopic (exact) mass is 478 g/mol. The van der Waals surface area contributed by atoms with Crippen molar-refractivity contribution in [1.82, 2.24) is 30.8 Å². The van der Waals surface area contributed by atoms with Crippen molar-refractivity contribution in [3.8, 4) is 11.4 Å². The molecule has 0 bridgehead atoms. The fourth-order valence-corrected chi connectivity index (χ4v) is 3.44. The predicted molar refractivity (Wildman–Crippen MR) is 122 cm³/mol. The van der Waals surface area contributed by atoms with Crippen LogP contribution < -0.4 is 10.6 Å². The van der Waals surface area contributed by atoms with E-state index < -0.39 is 30.6 Å². The van der Waals surface area contributed by atoms with Crippen molar-refractivity contribution >= 4 is 29.7 Å². The summed E-state index contributed by atoms with van der Waals surface area (Å²) in [4.78, 5) is 37.7. The van der Waals surface area contributed by atoms with Crippen molar-refractivity contribution in [2.45, 2.75) is 19.9 Å². The molecule has 1 aliphatic heterocycles. The lowest BCUT2D eigenvalue weighted by Gasteiger charge is -2.26. The molecule has 0 spiro atoms. The molecule has 0 fully saturated rings. The first kappa shape index (κ1) is 23.4. The highest BCUT2D eigenvalue weighted by atomic mass is 16.5. The summed E-state index contributed by atoms with van der Waals surface area (Å²) in [5.41, 5.74) is 0.895. The Labute approximate surface area is 199 Å². The van der Waals surface area contributed by atoms with Gasteiger partial charge in [-0.05, 0) is 36.4 Å². The van der Waals surface area contributed by atoms with Gasteiger partial charge >= 0.3 is 18.0 Å². The van der Waals surface area contributed by atoms with Crippen LogP contribution in [0.5, 0.6) is 0 Å². The third kappa shape index (κ3) is 5.27. The van der Waals surface area contributed by atoms with Gasteiger partial charge in [-0.25, -0.2) is 14.4 Å². The first-order valence-corrected chi connectivity index (χ1v) is 10.7. The van der Waals surface area contributed by atoms with Gasteiger partial charge in [-0.3, -0.25) is 0 Å². The van der Waals surface area contributed by atoms with Gasteiger partial charge in [0.2, 0.25) is 0 Å². The molecular formula is C23H22N6O6. The highest BCUT2D eigenvalue weighted by Gasteiger charge is 2.31. The SMILES string of the molecule is CCOC(=O)C1=C(COC(=O)C(=Cc2ccco2)n2nnnc2-c2ccccc2)NC(=O)NC1C. The molecule has 2 amide bonds. The van der Waals surface area contributed by atoms with Crippen molar-refractivity contribution < 1.29 is 28.3 Å². The molecule has 0 aliphatic carbocycles. The minimum Gasteiger partial charge on any atom is -0.465 e. The number of benzene rings is 1. The maximum atomic E-state index is 13.2. The van der Waals surface area contributed by atoms with E-state index in [0.717, 1.165) is 0 Å². The molecule has 1 aromatic carbocycles. The van der Waals surface area contributed by atoms with Crippen LogP contribution in [-0.4, -0.2) is 57.4 Å². The van der Waals surface area contributed by atoms with Crippen molar-refractivity contribution in [1.29, 1.82) is 0 Å². The largest absolute Gasteiger partial charge is 0.465 e. The fraction of sp³-hybridized carbons (Fsp3) is 0.217. The molecule has 3 aromatic rings. The van der Waals surface area contributed by atoms with Gasteiger partial charge in [0.25, 0.3) is 0 Å². The summed E-state index contributed by atoms with van der Waals surface area (Å²) < 4.78 is 17.2. The normalized spacial score (nSPS) is 15.9. The fourth-order valence-electron chi connectivity index (χ4n) is 3.44. The van der Waals surface area contributed by atoms with Gasteiger partial charge in [0.05, 0.1) is 30.2 Å². The maximum Gasteiger partial charge on any atom is 0.357 e. The van der Waals surface area contributed by atoms with E-state index in [1.807, 2.05) is 18.2 Å². The molecule has 12 heteroatoms. The summed E-state index contributed by atoms with van der Waals surface area (Å²) in [7, 11) is 0. The number of hydrogen-bond donors (Lipinski definition) is 2. The van der Waals surface area contributed by atoms with E-state index in [0.29, 0.717) is 17.1 Å². The Morgan fingerprint density at radius 1 is 1.17 bits per heavy atom. The highest BCUT2D eigenvalue weighted by Crippen LogP contribution is 2.22. The highest BCUT2D eigenvalue weighted by molar-refractivity contribution is 6.15. The van der Waals surface area contributed by atoms with Crippen molar-refractivity contribution in [2.24, 2.45) is 0 Å². The summed E-state index contributed by atoms with van der Waals surface area (Å²) in [6.07, 6.45) is 2.88. The average Bonchev–Trinajstić information content (AvgIpc) is 3.53. The summed E-state index contributed by atoms with van der Waals surface area (Å²) in [6.45, 7) is 3.04. The number of carbonyl (C=O) groups excluding carboxylic acids is 3. The smallest absolute Gasteiger partial charge is 0.357 e. The second-order valence-corrected chi connectivity index (χ2v) is 7.33. The summed E-state index contributed by atoms with van der Waals surface area (Å²) >= 11 is 0. The number of hydrogen-bond acceptors (Lipinski definition) is 9. The summed E-state index contributed by atoms with van der Waals surface area (Å²) in [5, 5.41) is 16.8. The molecular weight excluding hydrogens is 456 g/mol. The first-order valence-electron chi connectivity index (χ1n) is 10.7. The molecule has 2 aromatic heterocycles. The van der Waals surface area contributed by atoms with Crippen LogP contribution in [-0.2, 0) is 19.1 Å². The van der Waals surface area contributed by atoms with Crippen LogP contribution in [0.4, 0.5) is 4.79 Å². The summed E-state index contributed by atoms with van der Waals surface area (Å²) in [6, 6.07) is 11.2. The molecule has 3 heterocycles. The van der Waals surface area contributed by atoms with Crippen LogP contribution in [0.1, 0.15) is 19.6 Å². The standard InChI is InChI=1S/C23H22N6O6/c1-3-33-22(31)19-14(2)24-23(32)25-17(19)13-35-21(30)18(12-16-10-7-11-34-16)29-20(26-27-28-29)15-8-5-4-6-9-15/h4-12,14H,3,13H2,1-2H3,(H2,24,25,32). The summed E-state index contributed by atoms with van der Waals surface area (Å²) in [5.74, 6) is -0.781. The van der Waals surface area contributed by atoms with E-state index in [1.54, 1.807) is 38.1 Å². The topological polar surface area (TPSA) is 150 Å². The Morgan fingerprint density at radius 3 is 2.69 bits per heavy atom. The lowest BCUT2D eigenvalue weighted by Crippen LogP contribution is -2.50. The molecule has 4 rings (SSSR count). The van der Waals surface area contributed by atoms with E-state index in [1.165, 1.54) is 17.0 Å². The molecule has 35 heavy (non-hydrogen) atoms. The van der Waals surface area contributed by atoms with Crippen LogP contribution in [0.2, 0.25) is 0 Å². The van der Waals surface area contributed by atoms with Crippen molar-refractivity contribution in [3.63, 3.8) is 0 Å². The second-order valence-electron chi connectivity index (χ2n) is 7.33. The number of carbonyl (C=O) groups is 3. The number of nitrogens with one attached hydrogen (secondary N) is 2. The van der Waals surface area contributed by atoms with Crippen molar-refractivity contribution in [2.75, 3.05) is 13.2 Å². The number of furan rings is 1. The van der Waals surface area contributed by atoms with Gasteiger partial charge < -0.3 is 24.5 Å². The van der Waals surface area contributed by atoms with Gasteiger partial charge in [-0.2, -0.15) is 4.68 Å². The van der Waals surface area contributed by atoms with Crippen LogP contribution in [0.3, 0.4) is 0 Å². The van der Waals surface area contributed by atoms with Crippen LogP contribution in [0.15, 0.2) is 64.4 Å². The number of aromatic nitrogens is 4. The molecule has 12 nitrogen and oxygen atoms in total. The van der Waals surface area contributed by atoms with Crippen LogP contribution in [0.25, 0.3) is 23.2 Å². The van der Waals surface area contributed by atoms with E-state index in [9.17, 15) is 14.4 Å². The zero-order valence-corrected chi connectivity index (χ0v) is 18.9. The van der Waals surface area contributed by atoms with Crippen LogP contribution >= 0.6 is 0 Å². The third-order valence-corrected chi connectivity index (χ3v) is 4.97. The Bertz CT molecular complexity index is 1280. The Hall–Kier alpha value is -4.74. The Morgan fingerprint density at radius 2 is 1.97 bits per heavy atom. The number of rotatable bonds is 8. The van der Waals surface area contributed by atoms with Gasteiger partial charge in [-0.1, -0.05) is 30.3 Å². The van der Waals surface area contributed by atoms with Gasteiger partial charge in [0, 0.05) is 11.6 Å². The lowest BCUT2D eigenvalue weighted by molar-refractivity contribution is -0.140. The number of tetrazole rings is 1. The zero-order chi connectivity index (χ0) is 24.8. The molecule has 180 valence electrons. The molecule has 1 aliphatic rings. The quantitative estimate of drug-likeness (QED) is 0.366. The van der Waals surface area contributed by atoms with E-state index in [4.69, 9.17) is 13.9 Å². The number of nitrogens with zero attached hydrogens (tertiary/aromatic N) is 4. The Balaban J connectivity index is 1.66. The van der Waals surface area contributed by atoms with Crippen LogP contribution in [0, 0.1) is 0 Å². The second kappa shape index (κ2) is 10.5.